The quantitative estimate of drug-likeness (QED) is 0.648. The first-order valence-corrected chi connectivity index (χ1v) is 6.58. The van der Waals surface area contributed by atoms with Crippen molar-refractivity contribution in [3.63, 3.8) is 0 Å². The highest BCUT2D eigenvalue weighted by Crippen LogP contribution is 2.39. The third kappa shape index (κ3) is 3.71. The second-order valence-electron chi connectivity index (χ2n) is 5.13. The topological polar surface area (TPSA) is 122 Å². The normalized spacial score (nSPS) is 21.2. The predicted octanol–water partition coefficient (Wildman–Crippen LogP) is 1.08. The predicted molar refractivity (Wildman–Crippen MR) is 75.4 cm³/mol. The van der Waals surface area contributed by atoms with Crippen molar-refractivity contribution in [2.24, 2.45) is 17.6 Å². The number of hydrogen-bond donors (Lipinski definition) is 4. The molecule has 112 valence electrons. The van der Waals surface area contributed by atoms with Gasteiger partial charge in [-0.15, -0.1) is 0 Å². The van der Waals surface area contributed by atoms with Gasteiger partial charge in [-0.3, -0.25) is 9.59 Å². The zero-order valence-electron chi connectivity index (χ0n) is 11.5. The van der Waals surface area contributed by atoms with Crippen LogP contribution in [-0.2, 0) is 9.59 Å². The molecule has 21 heavy (non-hydrogen) atoms. The number of hydrogen-bond acceptors (Lipinski definition) is 3. The Balaban J connectivity index is 1.91. The molecule has 0 aromatic heterocycles. The summed E-state index contributed by atoms with van der Waals surface area (Å²) in [5.41, 5.74) is 6.43. The van der Waals surface area contributed by atoms with Gasteiger partial charge in [-0.1, -0.05) is 12.1 Å². The van der Waals surface area contributed by atoms with E-state index in [-0.39, 0.29) is 11.9 Å². The maximum atomic E-state index is 11.9. The standard InChI is InChI=1S/C14H17N3O4/c1-7(16-12(18)10-6-11(10)13(19)20)8-2-4-9(5-3-8)17-14(15)21/h2-5,7,10-11H,6H2,1H3,(H,16,18)(H,19,20)(H3,15,17,21). The van der Waals surface area contributed by atoms with Crippen molar-refractivity contribution in [3.05, 3.63) is 29.8 Å². The van der Waals surface area contributed by atoms with Crippen molar-refractivity contribution in [3.8, 4) is 0 Å². The van der Waals surface area contributed by atoms with Gasteiger partial charge in [0, 0.05) is 5.69 Å². The van der Waals surface area contributed by atoms with E-state index in [0.717, 1.165) is 5.56 Å². The van der Waals surface area contributed by atoms with E-state index in [9.17, 15) is 14.4 Å². The van der Waals surface area contributed by atoms with Gasteiger partial charge in [-0.2, -0.15) is 0 Å². The Hall–Kier alpha value is -2.57. The molecule has 7 heteroatoms. The maximum Gasteiger partial charge on any atom is 0.316 e. The first-order chi connectivity index (χ1) is 9.88. The molecule has 1 aromatic rings. The van der Waals surface area contributed by atoms with E-state index in [1.807, 2.05) is 6.92 Å². The summed E-state index contributed by atoms with van der Waals surface area (Å²) >= 11 is 0. The Bertz CT molecular complexity index is 570. The largest absolute Gasteiger partial charge is 0.481 e. The number of nitrogens with two attached hydrogens (primary N) is 1. The molecule has 0 bridgehead atoms. The average Bonchev–Trinajstić information content (AvgIpc) is 3.19. The zero-order valence-corrected chi connectivity index (χ0v) is 11.5. The van der Waals surface area contributed by atoms with E-state index in [1.165, 1.54) is 0 Å². The first-order valence-electron chi connectivity index (χ1n) is 6.58. The van der Waals surface area contributed by atoms with Crippen LogP contribution in [0.5, 0.6) is 0 Å². The maximum absolute atomic E-state index is 11.9. The van der Waals surface area contributed by atoms with E-state index in [2.05, 4.69) is 10.6 Å². The molecule has 0 spiro atoms. The van der Waals surface area contributed by atoms with Crippen molar-refractivity contribution in [1.82, 2.24) is 5.32 Å². The second kappa shape index (κ2) is 5.82. The number of nitrogens with one attached hydrogen (secondary N) is 2. The molecule has 0 aliphatic heterocycles. The number of carboxylic acid groups (broad SMARTS) is 1. The van der Waals surface area contributed by atoms with Crippen LogP contribution in [0, 0.1) is 11.8 Å². The highest BCUT2D eigenvalue weighted by Gasteiger charge is 2.48. The summed E-state index contributed by atoms with van der Waals surface area (Å²) in [6, 6.07) is 6.00. The van der Waals surface area contributed by atoms with Crippen LogP contribution in [0.15, 0.2) is 24.3 Å². The molecule has 3 amide bonds. The number of carbonyl (C=O) groups is 3. The van der Waals surface area contributed by atoms with Crippen molar-refractivity contribution in [2.45, 2.75) is 19.4 Å². The van der Waals surface area contributed by atoms with Crippen LogP contribution in [-0.4, -0.2) is 23.0 Å². The van der Waals surface area contributed by atoms with Gasteiger partial charge in [-0.25, -0.2) is 4.79 Å². The van der Waals surface area contributed by atoms with Gasteiger partial charge < -0.3 is 21.5 Å². The number of primary amides is 1. The van der Waals surface area contributed by atoms with E-state index in [0.29, 0.717) is 12.1 Å². The number of aliphatic carboxylic acids is 1. The summed E-state index contributed by atoms with van der Waals surface area (Å²) in [5.74, 6) is -2.15. The summed E-state index contributed by atoms with van der Waals surface area (Å²) in [4.78, 5) is 33.3. The van der Waals surface area contributed by atoms with Crippen LogP contribution in [0.25, 0.3) is 0 Å². The Morgan fingerprint density at radius 3 is 2.33 bits per heavy atom. The lowest BCUT2D eigenvalue weighted by atomic mass is 10.1. The summed E-state index contributed by atoms with van der Waals surface area (Å²) in [6.45, 7) is 1.81. The minimum Gasteiger partial charge on any atom is -0.481 e. The van der Waals surface area contributed by atoms with Crippen LogP contribution in [0.4, 0.5) is 10.5 Å². The fourth-order valence-electron chi connectivity index (χ4n) is 2.16. The SMILES string of the molecule is CC(NC(=O)C1CC1C(=O)O)c1ccc(NC(N)=O)cc1. The van der Waals surface area contributed by atoms with Crippen LogP contribution in [0.1, 0.15) is 24.9 Å². The number of carboxylic acids is 1. The number of amides is 3. The van der Waals surface area contributed by atoms with Crippen molar-refractivity contribution in [1.29, 1.82) is 0 Å². The Morgan fingerprint density at radius 1 is 1.24 bits per heavy atom. The van der Waals surface area contributed by atoms with E-state index >= 15 is 0 Å². The minimum absolute atomic E-state index is 0.241. The molecule has 1 aromatic carbocycles. The van der Waals surface area contributed by atoms with Crippen molar-refractivity contribution in [2.75, 3.05) is 5.32 Å². The zero-order chi connectivity index (χ0) is 15.6. The number of urea groups is 1. The Labute approximate surface area is 121 Å². The number of carbonyl (C=O) groups excluding carboxylic acids is 2. The lowest BCUT2D eigenvalue weighted by Crippen LogP contribution is -2.29. The molecule has 1 aliphatic rings. The smallest absolute Gasteiger partial charge is 0.316 e. The minimum atomic E-state index is -0.926. The summed E-state index contributed by atoms with van der Waals surface area (Å²) in [6.07, 6.45) is 0.398. The molecule has 3 unspecified atom stereocenters. The van der Waals surface area contributed by atoms with Crippen LogP contribution < -0.4 is 16.4 Å². The van der Waals surface area contributed by atoms with Gasteiger partial charge in [0.25, 0.3) is 0 Å². The van der Waals surface area contributed by atoms with E-state index < -0.39 is 23.8 Å². The molecule has 0 saturated heterocycles. The van der Waals surface area contributed by atoms with Crippen LogP contribution in [0.2, 0.25) is 0 Å². The monoisotopic (exact) mass is 291 g/mol. The molecule has 0 heterocycles. The molecule has 5 N–H and O–H groups in total. The molecule has 0 radical (unpaired) electrons. The van der Waals surface area contributed by atoms with Gasteiger partial charge >= 0.3 is 12.0 Å². The van der Waals surface area contributed by atoms with E-state index in [1.54, 1.807) is 24.3 Å². The number of benzene rings is 1. The molecular weight excluding hydrogens is 274 g/mol. The molecule has 1 saturated carbocycles. The van der Waals surface area contributed by atoms with Gasteiger partial charge in [0.1, 0.15) is 0 Å². The number of anilines is 1. The molecule has 2 rings (SSSR count). The highest BCUT2D eigenvalue weighted by molar-refractivity contribution is 5.89. The first kappa shape index (κ1) is 14.8. The van der Waals surface area contributed by atoms with Gasteiger partial charge in [0.05, 0.1) is 17.9 Å². The molecule has 1 aliphatic carbocycles. The lowest BCUT2D eigenvalue weighted by Gasteiger charge is -2.14. The summed E-state index contributed by atoms with van der Waals surface area (Å²) in [5, 5.41) is 14.0. The molecule has 7 nitrogen and oxygen atoms in total. The van der Waals surface area contributed by atoms with Crippen molar-refractivity contribution >= 4 is 23.6 Å². The molecule has 3 atom stereocenters. The second-order valence-corrected chi connectivity index (χ2v) is 5.13. The van der Waals surface area contributed by atoms with Gasteiger partial charge in [0.2, 0.25) is 5.91 Å². The number of rotatable bonds is 5. The van der Waals surface area contributed by atoms with Gasteiger partial charge in [0.15, 0.2) is 0 Å². The third-order valence-corrected chi connectivity index (χ3v) is 3.48. The summed E-state index contributed by atoms with van der Waals surface area (Å²) in [7, 11) is 0. The molecule has 1 fully saturated rings. The average molecular weight is 291 g/mol. The fourth-order valence-corrected chi connectivity index (χ4v) is 2.16. The lowest BCUT2D eigenvalue weighted by molar-refractivity contribution is -0.140. The third-order valence-electron chi connectivity index (χ3n) is 3.48. The molecular formula is C14H17N3O4. The van der Waals surface area contributed by atoms with Crippen LogP contribution in [0.3, 0.4) is 0 Å². The Kier molecular flexibility index (Phi) is 4.11. The van der Waals surface area contributed by atoms with E-state index in [4.69, 9.17) is 10.8 Å². The van der Waals surface area contributed by atoms with Crippen molar-refractivity contribution < 1.29 is 19.5 Å². The fraction of sp³-hybridized carbons (Fsp3) is 0.357. The highest BCUT2D eigenvalue weighted by atomic mass is 16.4. The van der Waals surface area contributed by atoms with Gasteiger partial charge in [-0.05, 0) is 31.0 Å². The summed E-state index contributed by atoms with van der Waals surface area (Å²) < 4.78 is 0. The Morgan fingerprint density at radius 2 is 1.86 bits per heavy atom. The van der Waals surface area contributed by atoms with Crippen LogP contribution >= 0.6 is 0 Å².